The molecule has 88 valence electrons. The maximum atomic E-state index is 13.4. The lowest BCUT2D eigenvalue weighted by Gasteiger charge is -2.08. The second-order valence-electron chi connectivity index (χ2n) is 3.20. The van der Waals surface area contributed by atoms with Gasteiger partial charge in [0, 0.05) is 18.3 Å². The molecule has 3 nitrogen and oxygen atoms in total. The number of aromatic nitrogens is 1. The molecular formula is C11H7BrF2N2O. The van der Waals surface area contributed by atoms with Gasteiger partial charge in [0.15, 0.2) is 11.6 Å². The summed E-state index contributed by atoms with van der Waals surface area (Å²) in [5, 5.41) is 0. The monoisotopic (exact) mass is 300 g/mol. The van der Waals surface area contributed by atoms with Gasteiger partial charge in [0.1, 0.15) is 5.82 Å². The zero-order valence-electron chi connectivity index (χ0n) is 8.45. The maximum absolute atomic E-state index is 13.4. The molecule has 0 amide bonds. The molecule has 2 aromatic rings. The average molecular weight is 301 g/mol. The Bertz CT molecular complexity index is 563. The van der Waals surface area contributed by atoms with Crippen LogP contribution in [-0.2, 0) is 0 Å². The number of anilines is 1. The van der Waals surface area contributed by atoms with Gasteiger partial charge in [0.05, 0.1) is 10.2 Å². The number of pyridine rings is 1. The highest BCUT2D eigenvalue weighted by atomic mass is 79.9. The SMILES string of the molecule is Nc1cc(F)c(Oc2ncccc2Br)cc1F. The first kappa shape index (κ1) is 11.8. The zero-order chi connectivity index (χ0) is 12.4. The number of nitrogens with two attached hydrogens (primary N) is 1. The number of rotatable bonds is 2. The summed E-state index contributed by atoms with van der Waals surface area (Å²) in [6, 6.07) is 5.10. The van der Waals surface area contributed by atoms with Crippen LogP contribution in [0.1, 0.15) is 0 Å². The Morgan fingerprint density at radius 3 is 2.71 bits per heavy atom. The Morgan fingerprint density at radius 1 is 1.24 bits per heavy atom. The van der Waals surface area contributed by atoms with Crippen molar-refractivity contribution in [3.05, 3.63) is 46.6 Å². The Hall–Kier alpha value is -1.69. The standard InChI is InChI=1S/C11H7BrF2N2O/c12-6-2-1-3-16-11(6)17-10-5-7(13)9(15)4-8(10)14/h1-5H,15H2. The highest BCUT2D eigenvalue weighted by Crippen LogP contribution is 2.30. The second kappa shape index (κ2) is 4.67. The molecule has 0 radical (unpaired) electrons. The topological polar surface area (TPSA) is 48.1 Å². The summed E-state index contributed by atoms with van der Waals surface area (Å²) < 4.78 is 32.3. The fourth-order valence-corrected chi connectivity index (χ4v) is 1.51. The molecule has 0 fully saturated rings. The molecule has 0 atom stereocenters. The summed E-state index contributed by atoms with van der Waals surface area (Å²) in [6.07, 6.45) is 1.48. The predicted octanol–water partition coefficient (Wildman–Crippen LogP) is 3.50. The summed E-state index contributed by atoms with van der Waals surface area (Å²) in [7, 11) is 0. The molecule has 0 aliphatic rings. The number of halogens is 3. The van der Waals surface area contributed by atoms with Crippen LogP contribution in [0.15, 0.2) is 34.9 Å². The quantitative estimate of drug-likeness (QED) is 0.864. The number of nitrogens with zero attached hydrogens (tertiary/aromatic N) is 1. The smallest absolute Gasteiger partial charge is 0.233 e. The van der Waals surface area contributed by atoms with Crippen LogP contribution in [0, 0.1) is 11.6 Å². The Kier molecular flexibility index (Phi) is 3.23. The lowest BCUT2D eigenvalue weighted by Crippen LogP contribution is -1.96. The molecular weight excluding hydrogens is 294 g/mol. The molecule has 0 aliphatic carbocycles. The van der Waals surface area contributed by atoms with Crippen molar-refractivity contribution in [2.75, 3.05) is 5.73 Å². The van der Waals surface area contributed by atoms with E-state index in [0.29, 0.717) is 4.47 Å². The highest BCUT2D eigenvalue weighted by molar-refractivity contribution is 9.10. The summed E-state index contributed by atoms with van der Waals surface area (Å²) >= 11 is 3.18. The second-order valence-corrected chi connectivity index (χ2v) is 4.05. The third-order valence-corrected chi connectivity index (χ3v) is 2.59. The fourth-order valence-electron chi connectivity index (χ4n) is 1.17. The number of ether oxygens (including phenoxy) is 1. The van der Waals surface area contributed by atoms with E-state index in [1.54, 1.807) is 12.1 Å². The highest BCUT2D eigenvalue weighted by Gasteiger charge is 2.11. The molecule has 17 heavy (non-hydrogen) atoms. The van der Waals surface area contributed by atoms with E-state index in [4.69, 9.17) is 10.5 Å². The van der Waals surface area contributed by atoms with Gasteiger partial charge in [-0.2, -0.15) is 0 Å². The number of hydrogen-bond acceptors (Lipinski definition) is 3. The molecule has 0 unspecified atom stereocenters. The van der Waals surface area contributed by atoms with Gasteiger partial charge < -0.3 is 10.5 Å². The first-order valence-electron chi connectivity index (χ1n) is 4.61. The van der Waals surface area contributed by atoms with E-state index < -0.39 is 11.6 Å². The van der Waals surface area contributed by atoms with Crippen LogP contribution in [-0.4, -0.2) is 4.98 Å². The molecule has 0 aliphatic heterocycles. The molecule has 0 spiro atoms. The molecule has 0 saturated heterocycles. The van der Waals surface area contributed by atoms with Crippen LogP contribution in [0.25, 0.3) is 0 Å². The van der Waals surface area contributed by atoms with Crippen molar-refractivity contribution in [1.29, 1.82) is 0 Å². The molecule has 1 aromatic heterocycles. The Morgan fingerprint density at radius 2 is 2.00 bits per heavy atom. The molecule has 0 saturated carbocycles. The minimum Gasteiger partial charge on any atom is -0.435 e. The minimum absolute atomic E-state index is 0.149. The van der Waals surface area contributed by atoms with Gasteiger partial charge in [-0.05, 0) is 28.1 Å². The van der Waals surface area contributed by atoms with Crippen LogP contribution in [0.2, 0.25) is 0 Å². The van der Waals surface area contributed by atoms with Crippen molar-refractivity contribution >= 4 is 21.6 Å². The molecule has 6 heteroatoms. The van der Waals surface area contributed by atoms with E-state index >= 15 is 0 Å². The van der Waals surface area contributed by atoms with Gasteiger partial charge in [-0.3, -0.25) is 0 Å². The van der Waals surface area contributed by atoms with Gasteiger partial charge in [-0.15, -0.1) is 0 Å². The number of nitrogen functional groups attached to an aromatic ring is 1. The van der Waals surface area contributed by atoms with Gasteiger partial charge in [-0.25, -0.2) is 13.8 Å². The van der Waals surface area contributed by atoms with Crippen molar-refractivity contribution in [3.8, 4) is 11.6 Å². The van der Waals surface area contributed by atoms with Crippen LogP contribution in [0.3, 0.4) is 0 Å². The zero-order valence-corrected chi connectivity index (χ0v) is 10.0. The van der Waals surface area contributed by atoms with Crippen LogP contribution in [0.4, 0.5) is 14.5 Å². The largest absolute Gasteiger partial charge is 0.435 e. The van der Waals surface area contributed by atoms with E-state index in [1.807, 2.05) is 0 Å². The van der Waals surface area contributed by atoms with Gasteiger partial charge in [0.2, 0.25) is 5.88 Å². The number of hydrogen-bond donors (Lipinski definition) is 1. The van der Waals surface area contributed by atoms with Crippen molar-refractivity contribution in [1.82, 2.24) is 4.98 Å². The maximum Gasteiger partial charge on any atom is 0.233 e. The molecule has 1 aromatic carbocycles. The van der Waals surface area contributed by atoms with Gasteiger partial charge >= 0.3 is 0 Å². The number of benzene rings is 1. The lowest BCUT2D eigenvalue weighted by molar-refractivity contribution is 0.420. The van der Waals surface area contributed by atoms with E-state index in [9.17, 15) is 8.78 Å². The van der Waals surface area contributed by atoms with Crippen molar-refractivity contribution in [2.45, 2.75) is 0 Å². The first-order chi connectivity index (χ1) is 8.08. The van der Waals surface area contributed by atoms with Crippen molar-refractivity contribution < 1.29 is 13.5 Å². The first-order valence-corrected chi connectivity index (χ1v) is 5.40. The Labute approximate surface area is 104 Å². The summed E-state index contributed by atoms with van der Waals surface area (Å²) in [4.78, 5) is 3.88. The van der Waals surface area contributed by atoms with E-state index in [-0.39, 0.29) is 17.3 Å². The third-order valence-electron chi connectivity index (χ3n) is 1.98. The molecule has 0 bridgehead atoms. The van der Waals surface area contributed by atoms with Crippen LogP contribution < -0.4 is 10.5 Å². The fraction of sp³-hybridized carbons (Fsp3) is 0. The molecule has 1 heterocycles. The van der Waals surface area contributed by atoms with Gasteiger partial charge in [-0.1, -0.05) is 0 Å². The molecule has 2 rings (SSSR count). The molecule has 2 N–H and O–H groups in total. The summed E-state index contributed by atoms with van der Waals surface area (Å²) in [5.41, 5.74) is 4.95. The van der Waals surface area contributed by atoms with Crippen LogP contribution >= 0.6 is 15.9 Å². The third kappa shape index (κ3) is 2.52. The minimum atomic E-state index is -0.749. The van der Waals surface area contributed by atoms with E-state index in [0.717, 1.165) is 12.1 Å². The summed E-state index contributed by atoms with van der Waals surface area (Å²) in [6.45, 7) is 0. The van der Waals surface area contributed by atoms with Gasteiger partial charge in [0.25, 0.3) is 0 Å². The predicted molar refractivity (Wildman–Crippen MR) is 62.8 cm³/mol. The average Bonchev–Trinajstić information content (AvgIpc) is 2.29. The summed E-state index contributed by atoms with van der Waals surface area (Å²) in [5.74, 6) is -1.61. The van der Waals surface area contributed by atoms with Crippen molar-refractivity contribution in [2.24, 2.45) is 0 Å². The van der Waals surface area contributed by atoms with E-state index in [2.05, 4.69) is 20.9 Å². The van der Waals surface area contributed by atoms with Crippen molar-refractivity contribution in [3.63, 3.8) is 0 Å². The normalized spacial score (nSPS) is 10.3. The lowest BCUT2D eigenvalue weighted by atomic mass is 10.3. The van der Waals surface area contributed by atoms with E-state index in [1.165, 1.54) is 6.20 Å². The van der Waals surface area contributed by atoms with Crippen LogP contribution in [0.5, 0.6) is 11.6 Å². The Balaban J connectivity index is 2.37.